The lowest BCUT2D eigenvalue weighted by atomic mass is 10.2. The molecule has 0 bridgehead atoms. The maximum absolute atomic E-state index is 11.5. The predicted molar refractivity (Wildman–Crippen MR) is 76.9 cm³/mol. The third-order valence-electron chi connectivity index (χ3n) is 2.83. The summed E-state index contributed by atoms with van der Waals surface area (Å²) >= 11 is 0. The van der Waals surface area contributed by atoms with Gasteiger partial charge in [-0.3, -0.25) is 4.79 Å². The number of carbonyl (C=O) groups is 1. The van der Waals surface area contributed by atoms with E-state index in [0.29, 0.717) is 6.61 Å². The first-order valence-electron chi connectivity index (χ1n) is 6.68. The molecule has 4 nitrogen and oxygen atoms in total. The SMILES string of the molecule is CC(OCCCNCc1ccccc1)C(=O)N(C)C. The first-order valence-corrected chi connectivity index (χ1v) is 6.68. The molecule has 1 N–H and O–H groups in total. The van der Waals surface area contributed by atoms with Crippen molar-refractivity contribution in [3.05, 3.63) is 35.9 Å². The van der Waals surface area contributed by atoms with Crippen LogP contribution < -0.4 is 5.32 Å². The van der Waals surface area contributed by atoms with Gasteiger partial charge in [-0.05, 0) is 25.5 Å². The van der Waals surface area contributed by atoms with E-state index in [1.807, 2.05) is 18.2 Å². The third-order valence-corrected chi connectivity index (χ3v) is 2.83. The summed E-state index contributed by atoms with van der Waals surface area (Å²) < 4.78 is 5.49. The minimum atomic E-state index is -0.357. The fourth-order valence-corrected chi connectivity index (χ4v) is 1.72. The van der Waals surface area contributed by atoms with Crippen LogP contribution in [0.4, 0.5) is 0 Å². The molecule has 0 heterocycles. The molecule has 0 saturated heterocycles. The Bertz CT molecular complexity index is 366. The predicted octanol–water partition coefficient (Wildman–Crippen LogP) is 1.66. The number of nitrogens with one attached hydrogen (secondary N) is 1. The Morgan fingerprint density at radius 3 is 2.63 bits per heavy atom. The monoisotopic (exact) mass is 264 g/mol. The highest BCUT2D eigenvalue weighted by Crippen LogP contribution is 1.98. The van der Waals surface area contributed by atoms with Crippen LogP contribution in [0.2, 0.25) is 0 Å². The molecule has 0 fully saturated rings. The fourth-order valence-electron chi connectivity index (χ4n) is 1.72. The second kappa shape index (κ2) is 8.67. The average Bonchev–Trinajstić information content (AvgIpc) is 2.42. The highest BCUT2D eigenvalue weighted by Gasteiger charge is 2.14. The molecule has 0 aliphatic carbocycles. The van der Waals surface area contributed by atoms with Crippen molar-refractivity contribution in [3.8, 4) is 0 Å². The Hall–Kier alpha value is -1.39. The molecule has 1 atom stereocenters. The van der Waals surface area contributed by atoms with Gasteiger partial charge in [-0.1, -0.05) is 30.3 Å². The molecular formula is C15H24N2O2. The summed E-state index contributed by atoms with van der Waals surface area (Å²) in [6.45, 7) is 4.15. The van der Waals surface area contributed by atoms with E-state index in [1.165, 1.54) is 5.56 Å². The molecule has 0 aliphatic rings. The number of benzene rings is 1. The van der Waals surface area contributed by atoms with E-state index >= 15 is 0 Å². The molecule has 1 aromatic carbocycles. The first-order chi connectivity index (χ1) is 9.11. The van der Waals surface area contributed by atoms with Crippen molar-refractivity contribution >= 4 is 5.91 Å². The summed E-state index contributed by atoms with van der Waals surface area (Å²) in [6.07, 6.45) is 0.543. The normalized spacial score (nSPS) is 12.2. The lowest BCUT2D eigenvalue weighted by Gasteiger charge is -2.17. The van der Waals surface area contributed by atoms with Crippen LogP contribution in [0.25, 0.3) is 0 Å². The summed E-state index contributed by atoms with van der Waals surface area (Å²) in [7, 11) is 3.48. The van der Waals surface area contributed by atoms with Crippen LogP contribution in [0.3, 0.4) is 0 Å². The average molecular weight is 264 g/mol. The van der Waals surface area contributed by atoms with Gasteiger partial charge in [0.2, 0.25) is 0 Å². The molecule has 0 saturated carbocycles. The molecule has 1 rings (SSSR count). The van der Waals surface area contributed by atoms with E-state index in [1.54, 1.807) is 25.9 Å². The summed E-state index contributed by atoms with van der Waals surface area (Å²) in [5.74, 6) is 0.0113. The zero-order valence-electron chi connectivity index (χ0n) is 12.1. The molecule has 4 heteroatoms. The Balaban J connectivity index is 2.04. The molecule has 1 amide bonds. The van der Waals surface area contributed by atoms with Crippen molar-refractivity contribution in [2.75, 3.05) is 27.2 Å². The van der Waals surface area contributed by atoms with Crippen LogP contribution in [-0.4, -0.2) is 44.2 Å². The molecule has 1 unspecified atom stereocenters. The van der Waals surface area contributed by atoms with Gasteiger partial charge in [0.25, 0.3) is 5.91 Å². The van der Waals surface area contributed by atoms with Gasteiger partial charge in [0.15, 0.2) is 0 Å². The van der Waals surface area contributed by atoms with Crippen LogP contribution in [0, 0.1) is 0 Å². The fraction of sp³-hybridized carbons (Fsp3) is 0.533. The topological polar surface area (TPSA) is 41.6 Å². The lowest BCUT2D eigenvalue weighted by Crippen LogP contribution is -2.34. The Kier molecular flexibility index (Phi) is 7.15. The number of carbonyl (C=O) groups excluding carboxylic acids is 1. The summed E-state index contributed by atoms with van der Waals surface area (Å²) in [5, 5.41) is 3.35. The van der Waals surface area contributed by atoms with E-state index in [4.69, 9.17) is 4.74 Å². The molecule has 19 heavy (non-hydrogen) atoms. The maximum atomic E-state index is 11.5. The van der Waals surface area contributed by atoms with Gasteiger partial charge in [0, 0.05) is 27.2 Å². The maximum Gasteiger partial charge on any atom is 0.250 e. The number of amides is 1. The molecule has 0 aliphatic heterocycles. The highest BCUT2D eigenvalue weighted by atomic mass is 16.5. The molecule has 0 radical (unpaired) electrons. The molecule has 0 aromatic heterocycles. The van der Waals surface area contributed by atoms with Crippen LogP contribution in [0.5, 0.6) is 0 Å². The summed E-state index contributed by atoms with van der Waals surface area (Å²) in [4.78, 5) is 13.1. The van der Waals surface area contributed by atoms with Crippen molar-refractivity contribution < 1.29 is 9.53 Å². The van der Waals surface area contributed by atoms with Crippen molar-refractivity contribution in [1.82, 2.24) is 10.2 Å². The summed E-state index contributed by atoms with van der Waals surface area (Å²) in [6, 6.07) is 10.3. The van der Waals surface area contributed by atoms with Gasteiger partial charge >= 0.3 is 0 Å². The van der Waals surface area contributed by atoms with E-state index in [9.17, 15) is 4.79 Å². The minimum Gasteiger partial charge on any atom is -0.369 e. The van der Waals surface area contributed by atoms with Crippen molar-refractivity contribution in [3.63, 3.8) is 0 Å². The summed E-state index contributed by atoms with van der Waals surface area (Å²) in [5.41, 5.74) is 1.28. The second-order valence-corrected chi connectivity index (χ2v) is 4.76. The minimum absolute atomic E-state index is 0.0113. The highest BCUT2D eigenvalue weighted by molar-refractivity contribution is 5.79. The number of nitrogens with zero attached hydrogens (tertiary/aromatic N) is 1. The number of ether oxygens (including phenoxy) is 1. The lowest BCUT2D eigenvalue weighted by molar-refractivity contribution is -0.140. The van der Waals surface area contributed by atoms with E-state index in [0.717, 1.165) is 19.5 Å². The first kappa shape index (κ1) is 15.7. The van der Waals surface area contributed by atoms with Crippen molar-refractivity contribution in [1.29, 1.82) is 0 Å². The van der Waals surface area contributed by atoms with Gasteiger partial charge in [-0.15, -0.1) is 0 Å². The van der Waals surface area contributed by atoms with E-state index in [2.05, 4.69) is 17.4 Å². The quantitative estimate of drug-likeness (QED) is 0.726. The van der Waals surface area contributed by atoms with Crippen molar-refractivity contribution in [2.45, 2.75) is 26.0 Å². The third kappa shape index (κ3) is 6.36. The zero-order chi connectivity index (χ0) is 14.1. The zero-order valence-corrected chi connectivity index (χ0v) is 12.1. The van der Waals surface area contributed by atoms with Crippen LogP contribution in [0.15, 0.2) is 30.3 Å². The van der Waals surface area contributed by atoms with E-state index in [-0.39, 0.29) is 12.0 Å². The Morgan fingerprint density at radius 2 is 2.00 bits per heavy atom. The number of rotatable bonds is 8. The van der Waals surface area contributed by atoms with Crippen LogP contribution in [-0.2, 0) is 16.1 Å². The smallest absolute Gasteiger partial charge is 0.250 e. The molecular weight excluding hydrogens is 240 g/mol. The number of likely N-dealkylation sites (N-methyl/N-ethyl adjacent to an activating group) is 1. The van der Waals surface area contributed by atoms with E-state index < -0.39 is 0 Å². The van der Waals surface area contributed by atoms with Crippen LogP contribution >= 0.6 is 0 Å². The molecule has 0 spiro atoms. The molecule has 1 aromatic rings. The Labute approximate surface area is 115 Å². The van der Waals surface area contributed by atoms with Crippen molar-refractivity contribution in [2.24, 2.45) is 0 Å². The number of hydrogen-bond donors (Lipinski definition) is 1. The number of hydrogen-bond acceptors (Lipinski definition) is 3. The second-order valence-electron chi connectivity index (χ2n) is 4.76. The molecule has 106 valence electrons. The standard InChI is InChI=1S/C15H24N2O2/c1-13(15(18)17(2)3)19-11-7-10-16-12-14-8-5-4-6-9-14/h4-6,8-9,13,16H,7,10-12H2,1-3H3. The van der Waals surface area contributed by atoms with Gasteiger partial charge in [-0.2, -0.15) is 0 Å². The van der Waals surface area contributed by atoms with Gasteiger partial charge < -0.3 is 15.0 Å². The van der Waals surface area contributed by atoms with Gasteiger partial charge in [0.05, 0.1) is 0 Å². The largest absolute Gasteiger partial charge is 0.369 e. The Morgan fingerprint density at radius 1 is 1.32 bits per heavy atom. The van der Waals surface area contributed by atoms with Crippen LogP contribution in [0.1, 0.15) is 18.9 Å². The van der Waals surface area contributed by atoms with Gasteiger partial charge in [0.1, 0.15) is 6.10 Å². The van der Waals surface area contributed by atoms with Gasteiger partial charge in [-0.25, -0.2) is 0 Å².